The van der Waals surface area contributed by atoms with Crippen LogP contribution in [0.3, 0.4) is 0 Å². The summed E-state index contributed by atoms with van der Waals surface area (Å²) < 4.78 is 80.8. The van der Waals surface area contributed by atoms with Crippen molar-refractivity contribution in [3.8, 4) is 11.1 Å². The lowest BCUT2D eigenvalue weighted by Gasteiger charge is -2.61. The monoisotopic (exact) mass is 428 g/mol. The lowest BCUT2D eigenvalue weighted by Crippen LogP contribution is -2.82. The van der Waals surface area contributed by atoms with Gasteiger partial charge in [0.25, 0.3) is 0 Å². The number of benzene rings is 2. The Morgan fingerprint density at radius 3 is 2.38 bits per heavy atom. The molecule has 156 valence electrons. The molecule has 1 spiro atoms. The lowest BCUT2D eigenvalue weighted by atomic mass is 9.62. The van der Waals surface area contributed by atoms with E-state index in [0.29, 0.717) is 6.07 Å². The largest absolute Gasteiger partial charge is 0.305 e. The summed E-state index contributed by atoms with van der Waals surface area (Å²) in [6.45, 7) is 0. The zero-order chi connectivity index (χ0) is 20.8. The van der Waals surface area contributed by atoms with Gasteiger partial charge in [0.05, 0.1) is 6.04 Å². The summed E-state index contributed by atoms with van der Waals surface area (Å²) in [5, 5.41) is 3.31. The predicted octanol–water partition coefficient (Wildman–Crippen LogP) is 3.42. The third kappa shape index (κ3) is 3.78. The molecule has 0 radical (unpaired) electrons. The van der Waals surface area contributed by atoms with Crippen molar-refractivity contribution < 1.29 is 26.0 Å². The molecule has 2 N–H and O–H groups in total. The normalized spacial score (nSPS) is 22.9. The molecular formula is C20H20F4N2O2S. The first-order valence-electron chi connectivity index (χ1n) is 9.30. The lowest BCUT2D eigenvalue weighted by molar-refractivity contribution is 0.0121. The van der Waals surface area contributed by atoms with E-state index in [-0.39, 0.29) is 23.1 Å². The van der Waals surface area contributed by atoms with Crippen LogP contribution in [0.5, 0.6) is 0 Å². The molecule has 2 fully saturated rings. The number of hydrogen-bond donors (Lipinski definition) is 2. The van der Waals surface area contributed by atoms with Gasteiger partial charge in [-0.2, -0.15) is 0 Å². The topological polar surface area (TPSA) is 58.2 Å². The van der Waals surface area contributed by atoms with Gasteiger partial charge in [-0.1, -0.05) is 18.2 Å². The number of alkyl halides is 1. The minimum atomic E-state index is -4.06. The predicted molar refractivity (Wildman–Crippen MR) is 101 cm³/mol. The highest BCUT2D eigenvalue weighted by atomic mass is 32.2. The number of halogens is 4. The van der Waals surface area contributed by atoms with Crippen molar-refractivity contribution in [2.75, 3.05) is 6.01 Å². The molecule has 2 aromatic carbocycles. The highest BCUT2D eigenvalue weighted by molar-refractivity contribution is 7.89. The third-order valence-corrected chi connectivity index (χ3v) is 6.76. The van der Waals surface area contributed by atoms with Crippen molar-refractivity contribution in [3.63, 3.8) is 0 Å². The summed E-state index contributed by atoms with van der Waals surface area (Å²) >= 11 is 0. The second kappa shape index (κ2) is 7.37. The first kappa shape index (κ1) is 20.3. The first-order chi connectivity index (χ1) is 13.7. The van der Waals surface area contributed by atoms with Gasteiger partial charge in [0.2, 0.25) is 16.0 Å². The van der Waals surface area contributed by atoms with Gasteiger partial charge < -0.3 is 5.32 Å². The summed E-state index contributed by atoms with van der Waals surface area (Å²) in [4.78, 5) is 0. The number of rotatable bonds is 6. The Hall–Kier alpha value is -1.97. The molecule has 1 saturated carbocycles. The Bertz CT molecular complexity index is 1020. The summed E-state index contributed by atoms with van der Waals surface area (Å²) in [6.07, 6.45) is 2.60. The molecular weight excluding hydrogens is 408 g/mol. The Morgan fingerprint density at radius 1 is 1.10 bits per heavy atom. The quantitative estimate of drug-likeness (QED) is 0.694. The maximum atomic E-state index is 15.1. The van der Waals surface area contributed by atoms with Crippen molar-refractivity contribution in [1.29, 1.82) is 0 Å². The van der Waals surface area contributed by atoms with Crippen LogP contribution >= 0.6 is 0 Å². The van der Waals surface area contributed by atoms with Crippen LogP contribution in [0.4, 0.5) is 17.6 Å². The van der Waals surface area contributed by atoms with Crippen LogP contribution in [-0.2, 0) is 16.4 Å². The first-order valence-corrected chi connectivity index (χ1v) is 11.0. The third-order valence-electron chi connectivity index (χ3n) is 5.86. The molecule has 0 aromatic heterocycles. The molecule has 1 aliphatic heterocycles. The van der Waals surface area contributed by atoms with E-state index in [9.17, 15) is 21.6 Å². The summed E-state index contributed by atoms with van der Waals surface area (Å²) in [5.74, 6) is -2.24. The molecule has 29 heavy (non-hydrogen) atoms. The van der Waals surface area contributed by atoms with E-state index in [1.54, 1.807) is 12.1 Å². The molecule has 1 aliphatic carbocycles. The van der Waals surface area contributed by atoms with E-state index in [2.05, 4.69) is 10.0 Å². The van der Waals surface area contributed by atoms with E-state index >= 15 is 4.39 Å². The van der Waals surface area contributed by atoms with E-state index < -0.39 is 51.1 Å². The van der Waals surface area contributed by atoms with Gasteiger partial charge in [0.1, 0.15) is 17.5 Å². The van der Waals surface area contributed by atoms with Crippen LogP contribution < -0.4 is 10.0 Å². The van der Waals surface area contributed by atoms with Gasteiger partial charge in [0.15, 0.2) is 0 Å². The van der Waals surface area contributed by atoms with Gasteiger partial charge in [-0.15, -0.1) is 0 Å². The zero-order valence-corrected chi connectivity index (χ0v) is 16.2. The SMILES string of the molecule is O=S(=O)(CF)N[C@H]1[C@H](Cc2cccc(-c3cc(F)cc(F)c3)c2F)NC12CCC2. The zero-order valence-electron chi connectivity index (χ0n) is 15.4. The Labute approximate surface area is 166 Å². The Balaban J connectivity index is 1.59. The molecule has 2 aliphatic rings. The standard InChI is InChI=1S/C20H20F4N2O2S/c21-11-29(27,28)26-19-17(25-20(19)5-2-6-20)9-12-3-1-4-16(18(12)24)13-7-14(22)10-15(23)8-13/h1,3-4,7-8,10,17,19,25-26H,2,5-6,9,11H2/t17-,19-/m0/s1. The van der Waals surface area contributed by atoms with Crippen LogP contribution in [0.15, 0.2) is 36.4 Å². The molecule has 0 amide bonds. The second-order valence-corrected chi connectivity index (χ2v) is 9.40. The van der Waals surface area contributed by atoms with Gasteiger partial charge in [-0.25, -0.2) is 30.7 Å². The van der Waals surface area contributed by atoms with Crippen LogP contribution in [-0.4, -0.2) is 32.0 Å². The smallest absolute Gasteiger partial charge is 0.241 e. The highest BCUT2D eigenvalue weighted by Gasteiger charge is 2.57. The molecule has 0 unspecified atom stereocenters. The van der Waals surface area contributed by atoms with E-state index in [4.69, 9.17) is 0 Å². The van der Waals surface area contributed by atoms with Crippen molar-refractivity contribution in [1.82, 2.24) is 10.0 Å². The fourth-order valence-electron chi connectivity index (χ4n) is 4.34. The van der Waals surface area contributed by atoms with Crippen molar-refractivity contribution >= 4 is 10.0 Å². The minimum Gasteiger partial charge on any atom is -0.305 e. The molecule has 0 bridgehead atoms. The maximum Gasteiger partial charge on any atom is 0.241 e. The van der Waals surface area contributed by atoms with Gasteiger partial charge in [0, 0.05) is 23.2 Å². The molecule has 1 saturated heterocycles. The van der Waals surface area contributed by atoms with Crippen LogP contribution in [0.2, 0.25) is 0 Å². The van der Waals surface area contributed by atoms with Gasteiger partial charge >= 0.3 is 0 Å². The van der Waals surface area contributed by atoms with E-state index in [0.717, 1.165) is 31.4 Å². The fourth-order valence-corrected chi connectivity index (χ4v) is 5.18. The van der Waals surface area contributed by atoms with Gasteiger partial charge in [-0.05, 0) is 48.9 Å². The molecule has 2 aromatic rings. The Morgan fingerprint density at radius 2 is 1.79 bits per heavy atom. The summed E-state index contributed by atoms with van der Waals surface area (Å²) in [6, 6.07) is 4.90. The number of hydrogen-bond acceptors (Lipinski definition) is 3. The average molecular weight is 428 g/mol. The fraction of sp³-hybridized carbons (Fsp3) is 0.400. The van der Waals surface area contributed by atoms with E-state index in [1.807, 2.05) is 0 Å². The number of sulfonamides is 1. The molecule has 9 heteroatoms. The summed E-state index contributed by atoms with van der Waals surface area (Å²) in [7, 11) is -4.06. The van der Waals surface area contributed by atoms with Crippen LogP contribution in [0.1, 0.15) is 24.8 Å². The highest BCUT2D eigenvalue weighted by Crippen LogP contribution is 2.44. The molecule has 4 nitrogen and oxygen atoms in total. The Kier molecular flexibility index (Phi) is 5.16. The molecule has 4 rings (SSSR count). The summed E-state index contributed by atoms with van der Waals surface area (Å²) in [5.41, 5.74) is 0.00322. The van der Waals surface area contributed by atoms with Crippen molar-refractivity contribution in [2.24, 2.45) is 0 Å². The van der Waals surface area contributed by atoms with E-state index in [1.165, 1.54) is 6.07 Å². The van der Waals surface area contributed by atoms with Crippen LogP contribution in [0, 0.1) is 17.5 Å². The van der Waals surface area contributed by atoms with Crippen LogP contribution in [0.25, 0.3) is 11.1 Å². The van der Waals surface area contributed by atoms with Gasteiger partial charge in [-0.3, -0.25) is 0 Å². The van der Waals surface area contributed by atoms with Crippen molar-refractivity contribution in [2.45, 2.75) is 43.3 Å². The minimum absolute atomic E-state index is 0.0551. The number of nitrogens with one attached hydrogen (secondary N) is 2. The maximum absolute atomic E-state index is 15.1. The molecule has 2 atom stereocenters. The van der Waals surface area contributed by atoms with Crippen molar-refractivity contribution in [3.05, 3.63) is 59.4 Å². The molecule has 1 heterocycles. The average Bonchev–Trinajstić information content (AvgIpc) is 2.62. The second-order valence-electron chi connectivity index (χ2n) is 7.72.